The highest BCUT2D eigenvalue weighted by Gasteiger charge is 2.21. The molecule has 0 radical (unpaired) electrons. The van der Waals surface area contributed by atoms with Crippen LogP contribution in [-0.4, -0.2) is 66.8 Å². The van der Waals surface area contributed by atoms with Gasteiger partial charge >= 0.3 is 0 Å². The predicted octanol–water partition coefficient (Wildman–Crippen LogP) is -0.0560. The Morgan fingerprint density at radius 1 is 1.45 bits per heavy atom. The fourth-order valence-electron chi connectivity index (χ4n) is 2.18. The first-order chi connectivity index (χ1) is 9.58. The van der Waals surface area contributed by atoms with Crippen molar-refractivity contribution in [3.63, 3.8) is 0 Å². The maximum Gasteiger partial charge on any atom is 0.255 e. The first kappa shape index (κ1) is 14.7. The lowest BCUT2D eigenvalue weighted by atomic mass is 10.2. The quantitative estimate of drug-likeness (QED) is 0.808. The Kier molecular flexibility index (Phi) is 4.92. The van der Waals surface area contributed by atoms with Gasteiger partial charge in [-0.2, -0.15) is 0 Å². The highest BCUT2D eigenvalue weighted by Crippen LogP contribution is 2.18. The van der Waals surface area contributed by atoms with E-state index in [4.69, 9.17) is 0 Å². The van der Waals surface area contributed by atoms with E-state index in [1.165, 1.54) is 0 Å². The Hall–Kier alpha value is -1.66. The van der Waals surface area contributed by atoms with Gasteiger partial charge in [0.25, 0.3) is 5.91 Å². The van der Waals surface area contributed by atoms with E-state index in [0.29, 0.717) is 5.56 Å². The molecule has 2 rings (SSSR count). The molecule has 0 spiro atoms. The molecule has 2 heterocycles. The zero-order valence-corrected chi connectivity index (χ0v) is 12.0. The van der Waals surface area contributed by atoms with E-state index < -0.39 is 6.10 Å². The molecule has 110 valence electrons. The lowest BCUT2D eigenvalue weighted by molar-refractivity contribution is 0.0924. The molecule has 1 atom stereocenters. The first-order valence-electron chi connectivity index (χ1n) is 6.92. The number of nitrogens with zero attached hydrogens (tertiary/aromatic N) is 3. The number of anilines is 1. The van der Waals surface area contributed by atoms with Gasteiger partial charge in [0.1, 0.15) is 5.82 Å². The Bertz CT molecular complexity index is 456. The van der Waals surface area contributed by atoms with Crippen molar-refractivity contribution in [3.05, 3.63) is 23.9 Å². The van der Waals surface area contributed by atoms with Crippen LogP contribution in [-0.2, 0) is 0 Å². The van der Waals surface area contributed by atoms with Crippen molar-refractivity contribution in [3.8, 4) is 0 Å². The minimum Gasteiger partial charge on any atom is -0.392 e. The SMILES string of the molecule is CC(O)CNC(=O)c1cccnc1N1CCN(C)CC1. The number of nitrogens with one attached hydrogen (secondary N) is 1. The van der Waals surface area contributed by atoms with E-state index >= 15 is 0 Å². The average molecular weight is 278 g/mol. The lowest BCUT2D eigenvalue weighted by Gasteiger charge is -2.34. The van der Waals surface area contributed by atoms with Gasteiger partial charge in [-0.3, -0.25) is 4.79 Å². The molecule has 0 bridgehead atoms. The largest absolute Gasteiger partial charge is 0.392 e. The van der Waals surface area contributed by atoms with Crippen molar-refractivity contribution in [1.82, 2.24) is 15.2 Å². The molecule has 0 saturated carbocycles. The molecule has 0 aromatic carbocycles. The number of aromatic nitrogens is 1. The summed E-state index contributed by atoms with van der Waals surface area (Å²) in [6.45, 7) is 5.55. The zero-order chi connectivity index (χ0) is 14.5. The van der Waals surface area contributed by atoms with Crippen molar-refractivity contribution in [2.75, 3.05) is 44.7 Å². The minimum absolute atomic E-state index is 0.187. The van der Waals surface area contributed by atoms with Gasteiger partial charge in [-0.25, -0.2) is 4.98 Å². The lowest BCUT2D eigenvalue weighted by Crippen LogP contribution is -2.45. The van der Waals surface area contributed by atoms with Crippen LogP contribution in [0.15, 0.2) is 18.3 Å². The maximum absolute atomic E-state index is 12.2. The maximum atomic E-state index is 12.2. The number of likely N-dealkylation sites (N-methyl/N-ethyl adjacent to an activating group) is 1. The van der Waals surface area contributed by atoms with E-state index in [1.54, 1.807) is 25.3 Å². The van der Waals surface area contributed by atoms with Crippen LogP contribution in [0.25, 0.3) is 0 Å². The van der Waals surface area contributed by atoms with Crippen LogP contribution >= 0.6 is 0 Å². The smallest absolute Gasteiger partial charge is 0.255 e. The Morgan fingerprint density at radius 2 is 2.15 bits per heavy atom. The average Bonchev–Trinajstić information content (AvgIpc) is 2.45. The second-order valence-electron chi connectivity index (χ2n) is 5.22. The van der Waals surface area contributed by atoms with E-state index in [9.17, 15) is 9.90 Å². The fraction of sp³-hybridized carbons (Fsp3) is 0.571. The van der Waals surface area contributed by atoms with Crippen LogP contribution in [0.2, 0.25) is 0 Å². The van der Waals surface area contributed by atoms with Gasteiger partial charge in [-0.1, -0.05) is 0 Å². The van der Waals surface area contributed by atoms with E-state index in [-0.39, 0.29) is 12.5 Å². The van der Waals surface area contributed by atoms with Gasteiger partial charge in [0.15, 0.2) is 0 Å². The number of aliphatic hydroxyl groups excluding tert-OH is 1. The van der Waals surface area contributed by atoms with Crippen molar-refractivity contribution in [2.24, 2.45) is 0 Å². The van der Waals surface area contributed by atoms with Gasteiger partial charge in [0.2, 0.25) is 0 Å². The molecule has 1 saturated heterocycles. The number of amides is 1. The zero-order valence-electron chi connectivity index (χ0n) is 12.0. The molecular formula is C14H22N4O2. The number of carbonyl (C=O) groups is 1. The molecule has 1 aliphatic rings. The summed E-state index contributed by atoms with van der Waals surface area (Å²) >= 11 is 0. The summed E-state index contributed by atoms with van der Waals surface area (Å²) in [6, 6.07) is 3.54. The van der Waals surface area contributed by atoms with Crippen molar-refractivity contribution in [2.45, 2.75) is 13.0 Å². The third-order valence-electron chi connectivity index (χ3n) is 3.39. The molecule has 6 nitrogen and oxygen atoms in total. The van der Waals surface area contributed by atoms with Crippen molar-refractivity contribution < 1.29 is 9.90 Å². The van der Waals surface area contributed by atoms with Gasteiger partial charge in [0.05, 0.1) is 11.7 Å². The number of rotatable bonds is 4. The molecule has 0 aliphatic carbocycles. The number of hydrogen-bond acceptors (Lipinski definition) is 5. The van der Waals surface area contributed by atoms with Crippen LogP contribution in [0, 0.1) is 0 Å². The molecular weight excluding hydrogens is 256 g/mol. The highest BCUT2D eigenvalue weighted by molar-refractivity contribution is 5.98. The normalized spacial score (nSPS) is 17.9. The second-order valence-corrected chi connectivity index (χ2v) is 5.22. The van der Waals surface area contributed by atoms with Gasteiger partial charge in [-0.15, -0.1) is 0 Å². The molecule has 1 unspecified atom stereocenters. The summed E-state index contributed by atoms with van der Waals surface area (Å²) in [7, 11) is 2.09. The third-order valence-corrected chi connectivity index (χ3v) is 3.39. The van der Waals surface area contributed by atoms with E-state index in [2.05, 4.69) is 27.1 Å². The van der Waals surface area contributed by atoms with Crippen LogP contribution < -0.4 is 10.2 Å². The summed E-state index contributed by atoms with van der Waals surface area (Å²) in [6.07, 6.45) is 1.15. The van der Waals surface area contributed by atoms with Crippen LogP contribution in [0.1, 0.15) is 17.3 Å². The molecule has 20 heavy (non-hydrogen) atoms. The molecule has 1 aliphatic heterocycles. The fourth-order valence-corrected chi connectivity index (χ4v) is 2.18. The number of carbonyl (C=O) groups excluding carboxylic acids is 1. The standard InChI is InChI=1S/C14H22N4O2/c1-11(19)10-16-14(20)12-4-3-5-15-13(12)18-8-6-17(2)7-9-18/h3-5,11,19H,6-10H2,1-2H3,(H,16,20). The number of pyridine rings is 1. The molecule has 1 fully saturated rings. The Labute approximate surface area is 119 Å². The topological polar surface area (TPSA) is 68.7 Å². The third kappa shape index (κ3) is 3.68. The monoisotopic (exact) mass is 278 g/mol. The number of piperazine rings is 1. The molecule has 2 N–H and O–H groups in total. The first-order valence-corrected chi connectivity index (χ1v) is 6.92. The van der Waals surface area contributed by atoms with Crippen molar-refractivity contribution in [1.29, 1.82) is 0 Å². The van der Waals surface area contributed by atoms with Gasteiger partial charge in [-0.05, 0) is 26.1 Å². The number of aliphatic hydroxyl groups is 1. The summed E-state index contributed by atoms with van der Waals surface area (Å²) in [5, 5.41) is 12.0. The van der Waals surface area contributed by atoms with Gasteiger partial charge in [0, 0.05) is 38.9 Å². The number of hydrogen-bond donors (Lipinski definition) is 2. The van der Waals surface area contributed by atoms with Crippen LogP contribution in [0.3, 0.4) is 0 Å². The Balaban J connectivity index is 2.11. The summed E-state index contributed by atoms with van der Waals surface area (Å²) < 4.78 is 0. The van der Waals surface area contributed by atoms with E-state index in [1.807, 2.05) is 0 Å². The summed E-state index contributed by atoms with van der Waals surface area (Å²) in [4.78, 5) is 20.9. The summed E-state index contributed by atoms with van der Waals surface area (Å²) in [5.74, 6) is 0.539. The predicted molar refractivity (Wildman–Crippen MR) is 78.0 cm³/mol. The minimum atomic E-state index is -0.553. The molecule has 1 aromatic heterocycles. The van der Waals surface area contributed by atoms with E-state index in [0.717, 1.165) is 32.0 Å². The summed E-state index contributed by atoms with van der Waals surface area (Å²) in [5.41, 5.74) is 0.567. The van der Waals surface area contributed by atoms with Crippen molar-refractivity contribution >= 4 is 11.7 Å². The molecule has 1 amide bonds. The second kappa shape index (κ2) is 6.67. The highest BCUT2D eigenvalue weighted by atomic mass is 16.3. The molecule has 1 aromatic rings. The molecule has 6 heteroatoms. The van der Waals surface area contributed by atoms with Gasteiger partial charge < -0.3 is 20.2 Å². The Morgan fingerprint density at radius 3 is 2.80 bits per heavy atom. The van der Waals surface area contributed by atoms with Crippen LogP contribution in [0.5, 0.6) is 0 Å². The van der Waals surface area contributed by atoms with Crippen LogP contribution in [0.4, 0.5) is 5.82 Å².